The summed E-state index contributed by atoms with van der Waals surface area (Å²) in [5.74, 6) is -0.441. The van der Waals surface area contributed by atoms with Gasteiger partial charge in [0, 0.05) is 19.1 Å². The van der Waals surface area contributed by atoms with E-state index < -0.39 is 0 Å². The van der Waals surface area contributed by atoms with E-state index in [1.807, 2.05) is 12.1 Å². The summed E-state index contributed by atoms with van der Waals surface area (Å²) in [4.78, 5) is 25.4. The van der Waals surface area contributed by atoms with Crippen LogP contribution in [0, 0.1) is 11.8 Å². The Bertz CT molecular complexity index is 507. The summed E-state index contributed by atoms with van der Waals surface area (Å²) in [7, 11) is 1.59. The van der Waals surface area contributed by atoms with E-state index in [0.717, 1.165) is 0 Å². The van der Waals surface area contributed by atoms with Crippen LogP contribution in [-0.4, -0.2) is 23.8 Å². The van der Waals surface area contributed by atoms with E-state index in [2.05, 4.69) is 17.4 Å². The largest absolute Gasteiger partial charge is 0.301 e. The van der Waals surface area contributed by atoms with Gasteiger partial charge in [-0.3, -0.25) is 14.5 Å². The van der Waals surface area contributed by atoms with Gasteiger partial charge in [0.1, 0.15) is 0 Å². The average Bonchev–Trinajstić information content (AvgIpc) is 2.97. The zero-order chi connectivity index (χ0) is 11.7. The van der Waals surface area contributed by atoms with Crippen LogP contribution in [-0.2, 0) is 9.59 Å². The van der Waals surface area contributed by atoms with Gasteiger partial charge in [-0.05, 0) is 11.1 Å². The molecule has 3 aliphatic rings. The first-order chi connectivity index (χ1) is 8.20. The standard InChI is InChI=1S/C13H12N2O2/c1-15-12(16)8-9(13(15)17)11-7-5-3-2-4-6(7)10(8)14-11/h2-5,8-11,14H,1H3/t8-,9+,10-,11+. The molecular weight excluding hydrogens is 216 g/mol. The van der Waals surface area contributed by atoms with Crippen LogP contribution in [0.2, 0.25) is 0 Å². The number of imide groups is 1. The second kappa shape index (κ2) is 2.76. The number of fused-ring (bicyclic) bond motifs is 8. The number of rotatable bonds is 0. The van der Waals surface area contributed by atoms with E-state index in [-0.39, 0.29) is 35.7 Å². The minimum Gasteiger partial charge on any atom is -0.301 e. The van der Waals surface area contributed by atoms with Crippen molar-refractivity contribution in [1.29, 1.82) is 0 Å². The highest BCUT2D eigenvalue weighted by Gasteiger charge is 2.62. The Morgan fingerprint density at radius 3 is 1.94 bits per heavy atom. The number of carbonyl (C=O) groups excluding carboxylic acids is 2. The molecule has 0 aliphatic carbocycles. The Morgan fingerprint density at radius 2 is 1.47 bits per heavy atom. The molecule has 3 heterocycles. The number of hydrogen-bond acceptors (Lipinski definition) is 3. The molecule has 4 atom stereocenters. The summed E-state index contributed by atoms with van der Waals surface area (Å²) in [5.41, 5.74) is 2.38. The van der Waals surface area contributed by atoms with E-state index in [0.29, 0.717) is 0 Å². The van der Waals surface area contributed by atoms with E-state index in [1.54, 1.807) is 7.05 Å². The number of benzene rings is 1. The molecule has 4 heteroatoms. The van der Waals surface area contributed by atoms with Crippen molar-refractivity contribution in [2.24, 2.45) is 11.8 Å². The molecular formula is C13H12N2O2. The normalized spacial score (nSPS) is 37.6. The third kappa shape index (κ3) is 0.894. The zero-order valence-corrected chi connectivity index (χ0v) is 9.38. The first-order valence-corrected chi connectivity index (χ1v) is 5.86. The topological polar surface area (TPSA) is 49.4 Å². The van der Waals surface area contributed by atoms with E-state index in [4.69, 9.17) is 0 Å². The molecule has 2 saturated heterocycles. The van der Waals surface area contributed by atoms with Crippen LogP contribution < -0.4 is 5.32 Å². The first kappa shape index (κ1) is 9.36. The van der Waals surface area contributed by atoms with Gasteiger partial charge in [0.2, 0.25) is 11.8 Å². The quantitative estimate of drug-likeness (QED) is 0.662. The van der Waals surface area contributed by atoms with Gasteiger partial charge in [0.15, 0.2) is 0 Å². The number of likely N-dealkylation sites (tertiary alicyclic amines) is 1. The minimum atomic E-state index is -0.188. The molecule has 4 nitrogen and oxygen atoms in total. The van der Waals surface area contributed by atoms with Gasteiger partial charge in [-0.2, -0.15) is 0 Å². The lowest BCUT2D eigenvalue weighted by molar-refractivity contribution is -0.138. The summed E-state index contributed by atoms with van der Waals surface area (Å²) in [6.07, 6.45) is 0. The van der Waals surface area contributed by atoms with Crippen molar-refractivity contribution < 1.29 is 9.59 Å². The molecule has 0 radical (unpaired) electrons. The van der Waals surface area contributed by atoms with Gasteiger partial charge in [0.05, 0.1) is 11.8 Å². The number of nitrogens with zero attached hydrogens (tertiary/aromatic N) is 1. The SMILES string of the molecule is CN1C(=O)[C@@H]2[C@H](C1=O)[C@H]1N[C@@H]2c2ccccc21. The van der Waals surface area contributed by atoms with Crippen LogP contribution in [0.1, 0.15) is 23.2 Å². The van der Waals surface area contributed by atoms with Crippen molar-refractivity contribution in [3.63, 3.8) is 0 Å². The van der Waals surface area contributed by atoms with Crippen LogP contribution in [0.15, 0.2) is 24.3 Å². The van der Waals surface area contributed by atoms with Crippen molar-refractivity contribution in [3.05, 3.63) is 35.4 Å². The molecule has 0 unspecified atom stereocenters. The van der Waals surface area contributed by atoms with Gasteiger partial charge < -0.3 is 5.32 Å². The van der Waals surface area contributed by atoms with Gasteiger partial charge in [-0.25, -0.2) is 0 Å². The molecule has 1 N–H and O–H groups in total. The van der Waals surface area contributed by atoms with E-state index in [9.17, 15) is 9.59 Å². The molecule has 3 aliphatic heterocycles. The van der Waals surface area contributed by atoms with Crippen molar-refractivity contribution in [1.82, 2.24) is 10.2 Å². The van der Waals surface area contributed by atoms with Crippen molar-refractivity contribution >= 4 is 11.8 Å². The molecule has 2 fully saturated rings. The molecule has 2 bridgehead atoms. The fourth-order valence-corrected chi connectivity index (χ4v) is 3.61. The molecule has 0 aromatic heterocycles. The smallest absolute Gasteiger partial charge is 0.234 e. The Balaban J connectivity index is 1.90. The number of hydrogen-bond donors (Lipinski definition) is 1. The van der Waals surface area contributed by atoms with Crippen LogP contribution >= 0.6 is 0 Å². The second-order valence-corrected chi connectivity index (χ2v) is 5.04. The van der Waals surface area contributed by atoms with Gasteiger partial charge in [0.25, 0.3) is 0 Å². The number of amides is 2. The average molecular weight is 228 g/mol. The van der Waals surface area contributed by atoms with Crippen LogP contribution in [0.25, 0.3) is 0 Å². The molecule has 4 rings (SSSR count). The van der Waals surface area contributed by atoms with Crippen LogP contribution in [0.4, 0.5) is 0 Å². The van der Waals surface area contributed by atoms with Crippen molar-refractivity contribution in [3.8, 4) is 0 Å². The molecule has 17 heavy (non-hydrogen) atoms. The predicted octanol–water partition coefficient (Wildman–Crippen LogP) is 0.617. The highest BCUT2D eigenvalue weighted by Crippen LogP contribution is 2.55. The lowest BCUT2D eigenvalue weighted by Gasteiger charge is -2.21. The van der Waals surface area contributed by atoms with Crippen molar-refractivity contribution in [2.75, 3.05) is 7.05 Å². The van der Waals surface area contributed by atoms with Gasteiger partial charge in [-0.1, -0.05) is 24.3 Å². The third-order valence-corrected chi connectivity index (χ3v) is 4.36. The van der Waals surface area contributed by atoms with Gasteiger partial charge in [-0.15, -0.1) is 0 Å². The lowest BCUT2D eigenvalue weighted by atomic mass is 9.77. The Labute approximate surface area is 98.6 Å². The predicted molar refractivity (Wildman–Crippen MR) is 59.8 cm³/mol. The third-order valence-electron chi connectivity index (χ3n) is 4.36. The highest BCUT2D eigenvalue weighted by atomic mass is 16.2. The van der Waals surface area contributed by atoms with Crippen molar-refractivity contribution in [2.45, 2.75) is 12.1 Å². The monoisotopic (exact) mass is 228 g/mol. The molecule has 2 amide bonds. The fraction of sp³-hybridized carbons (Fsp3) is 0.385. The fourth-order valence-electron chi connectivity index (χ4n) is 3.61. The summed E-state index contributed by atoms with van der Waals surface area (Å²) < 4.78 is 0. The van der Waals surface area contributed by atoms with Crippen LogP contribution in [0.5, 0.6) is 0 Å². The minimum absolute atomic E-state index is 0.0302. The summed E-state index contributed by atoms with van der Waals surface area (Å²) in [6.45, 7) is 0. The number of nitrogens with one attached hydrogen (secondary N) is 1. The van der Waals surface area contributed by atoms with Crippen LogP contribution in [0.3, 0.4) is 0 Å². The summed E-state index contributed by atoms with van der Waals surface area (Å²) >= 11 is 0. The maximum Gasteiger partial charge on any atom is 0.234 e. The Morgan fingerprint density at radius 1 is 1.00 bits per heavy atom. The number of carbonyl (C=O) groups is 2. The van der Waals surface area contributed by atoms with E-state index in [1.165, 1.54) is 16.0 Å². The zero-order valence-electron chi connectivity index (χ0n) is 9.38. The molecule has 0 spiro atoms. The first-order valence-electron chi connectivity index (χ1n) is 5.86. The molecule has 1 aromatic rings. The molecule has 86 valence electrons. The lowest BCUT2D eigenvalue weighted by Crippen LogP contribution is -2.31. The Hall–Kier alpha value is -1.68. The second-order valence-electron chi connectivity index (χ2n) is 5.04. The summed E-state index contributed by atoms with van der Waals surface area (Å²) in [5, 5.41) is 3.41. The summed E-state index contributed by atoms with van der Waals surface area (Å²) in [6, 6.07) is 8.14. The molecule has 1 aromatic carbocycles. The van der Waals surface area contributed by atoms with Gasteiger partial charge >= 0.3 is 0 Å². The molecule has 0 saturated carbocycles. The maximum absolute atomic E-state index is 12.1. The van der Waals surface area contributed by atoms with E-state index >= 15 is 0 Å². The maximum atomic E-state index is 12.1. The highest BCUT2D eigenvalue weighted by molar-refractivity contribution is 6.06. The Kier molecular flexibility index (Phi) is 1.52.